The van der Waals surface area contributed by atoms with Crippen molar-refractivity contribution in [1.29, 1.82) is 0 Å². The Balaban J connectivity index is 4.87. The predicted octanol–water partition coefficient (Wildman–Crippen LogP) is 12.6. The molecule has 506 valence electrons. The average Bonchev–Trinajstić information content (AvgIpc) is 3.55. The first-order chi connectivity index (χ1) is 41.9. The molecule has 0 aliphatic carbocycles. The standard InChI is InChI=1S/C70H140N10O6/c1-7-11-15-19-23-27-31-35-39-43-49-71-67(83)61-79(62-68(84)72-50-44-40-36-32-28-24-20-16-12-8-2)57-53-75-65(81)47-55-77(5)59-60-78(6)56-48-66(82)76-54-58-80(63-69(85)73-51-45-41-37-33-29-25-21-17-13-9-3)64-70(86)74-52-46-42-38-34-30-26-22-18-14-10-4/h7-64H2,1-6H3,(H,71,83)(H,72,84)(H,73,85)(H,74,86)(H,75,81)(H,76,82). The molecular weight excluding hydrogens is 1080 g/mol. The molecule has 0 atom stereocenters. The van der Waals surface area contributed by atoms with Crippen LogP contribution in [0, 0.1) is 0 Å². The molecule has 0 heterocycles. The van der Waals surface area contributed by atoms with Crippen molar-refractivity contribution in [3.63, 3.8) is 0 Å². The Kier molecular flexibility index (Phi) is 62.1. The third kappa shape index (κ3) is 60.9. The lowest BCUT2D eigenvalue weighted by atomic mass is 10.1. The van der Waals surface area contributed by atoms with Gasteiger partial charge in [0.25, 0.3) is 0 Å². The summed E-state index contributed by atoms with van der Waals surface area (Å²) in [4.78, 5) is 86.1. The maximum absolute atomic E-state index is 13.1. The van der Waals surface area contributed by atoms with Crippen LogP contribution in [-0.2, 0) is 28.8 Å². The van der Waals surface area contributed by atoms with Crippen molar-refractivity contribution in [2.75, 3.05) is 119 Å². The first-order valence-corrected chi connectivity index (χ1v) is 36.4. The van der Waals surface area contributed by atoms with Gasteiger partial charge in [0, 0.05) is 91.4 Å². The molecule has 0 rings (SSSR count). The number of nitrogens with one attached hydrogen (secondary N) is 6. The highest BCUT2D eigenvalue weighted by Crippen LogP contribution is 2.14. The van der Waals surface area contributed by atoms with E-state index in [0.717, 1.165) is 64.5 Å². The largest absolute Gasteiger partial charge is 0.355 e. The zero-order valence-electron chi connectivity index (χ0n) is 57.3. The van der Waals surface area contributed by atoms with Crippen molar-refractivity contribution in [2.24, 2.45) is 0 Å². The normalized spacial score (nSPS) is 11.5. The molecule has 16 heteroatoms. The minimum atomic E-state index is -0.0946. The van der Waals surface area contributed by atoms with Gasteiger partial charge in [-0.05, 0) is 39.8 Å². The number of carbonyl (C=O) groups is 6. The average molecular weight is 1220 g/mol. The van der Waals surface area contributed by atoms with Crippen molar-refractivity contribution in [3.05, 3.63) is 0 Å². The van der Waals surface area contributed by atoms with Crippen molar-refractivity contribution in [1.82, 2.24) is 51.5 Å². The third-order valence-electron chi connectivity index (χ3n) is 16.7. The monoisotopic (exact) mass is 1220 g/mol. The second kappa shape index (κ2) is 64.6. The Morgan fingerprint density at radius 1 is 0.221 bits per heavy atom. The number of carbonyl (C=O) groups excluding carboxylic acids is 6. The fourth-order valence-electron chi connectivity index (χ4n) is 10.9. The van der Waals surface area contributed by atoms with Crippen LogP contribution in [0.25, 0.3) is 0 Å². The maximum Gasteiger partial charge on any atom is 0.234 e. The fourth-order valence-corrected chi connectivity index (χ4v) is 10.9. The highest BCUT2D eigenvalue weighted by molar-refractivity contribution is 5.82. The van der Waals surface area contributed by atoms with E-state index in [0.29, 0.717) is 78.3 Å². The van der Waals surface area contributed by atoms with Crippen LogP contribution in [0.2, 0.25) is 0 Å². The summed E-state index contributed by atoms with van der Waals surface area (Å²) in [5, 5.41) is 18.3. The summed E-state index contributed by atoms with van der Waals surface area (Å²) in [5.41, 5.74) is 0. The lowest BCUT2D eigenvalue weighted by Crippen LogP contribution is -2.46. The molecule has 0 saturated heterocycles. The predicted molar refractivity (Wildman–Crippen MR) is 363 cm³/mol. The van der Waals surface area contributed by atoms with Crippen molar-refractivity contribution in [2.45, 2.75) is 297 Å². The zero-order valence-corrected chi connectivity index (χ0v) is 57.3. The van der Waals surface area contributed by atoms with E-state index in [4.69, 9.17) is 0 Å². The van der Waals surface area contributed by atoms with Gasteiger partial charge >= 0.3 is 0 Å². The van der Waals surface area contributed by atoms with E-state index >= 15 is 0 Å². The SMILES string of the molecule is CCCCCCCCCCCCNC(=O)CN(CCNC(=O)CCN(C)CCN(C)CCC(=O)NCCN(CC(=O)NCCCCCCCCCCCC)CC(=O)NCCCCCCCCCCCC)CC(=O)NCCCCCCCCCCCC. The molecule has 0 spiro atoms. The summed E-state index contributed by atoms with van der Waals surface area (Å²) in [6.45, 7) is 16.0. The summed E-state index contributed by atoms with van der Waals surface area (Å²) in [6.07, 6.45) is 50.2. The molecule has 6 N–H and O–H groups in total. The molecule has 0 bridgehead atoms. The van der Waals surface area contributed by atoms with Crippen LogP contribution in [0.5, 0.6) is 0 Å². The molecule has 16 nitrogen and oxygen atoms in total. The van der Waals surface area contributed by atoms with Gasteiger partial charge in [0.05, 0.1) is 26.2 Å². The van der Waals surface area contributed by atoms with Crippen LogP contribution in [0.1, 0.15) is 297 Å². The Bertz CT molecular complexity index is 1380. The van der Waals surface area contributed by atoms with Gasteiger partial charge in [0.15, 0.2) is 0 Å². The number of hydrogen-bond donors (Lipinski definition) is 6. The van der Waals surface area contributed by atoms with E-state index in [1.54, 1.807) is 0 Å². The van der Waals surface area contributed by atoms with Crippen molar-refractivity contribution < 1.29 is 28.8 Å². The quantitative estimate of drug-likeness (QED) is 0.0320. The molecule has 0 saturated carbocycles. The molecule has 0 unspecified atom stereocenters. The second-order valence-electron chi connectivity index (χ2n) is 25.4. The van der Waals surface area contributed by atoms with E-state index in [1.165, 1.54) is 205 Å². The highest BCUT2D eigenvalue weighted by atomic mass is 16.2. The van der Waals surface area contributed by atoms with E-state index < -0.39 is 0 Å². The molecule has 0 aromatic carbocycles. The molecule has 86 heavy (non-hydrogen) atoms. The molecule has 0 aromatic heterocycles. The first kappa shape index (κ1) is 82.7. The van der Waals surface area contributed by atoms with Gasteiger partial charge in [0.1, 0.15) is 0 Å². The van der Waals surface area contributed by atoms with E-state index in [9.17, 15) is 28.8 Å². The van der Waals surface area contributed by atoms with Gasteiger partial charge in [-0.2, -0.15) is 0 Å². The number of unbranched alkanes of at least 4 members (excludes halogenated alkanes) is 36. The molecule has 0 aliphatic rings. The van der Waals surface area contributed by atoms with Gasteiger partial charge in [-0.15, -0.1) is 0 Å². The minimum absolute atomic E-state index is 0.0776. The Hall–Kier alpha value is -3.34. The van der Waals surface area contributed by atoms with Crippen LogP contribution < -0.4 is 31.9 Å². The second-order valence-corrected chi connectivity index (χ2v) is 25.4. The fraction of sp³-hybridized carbons (Fsp3) is 0.914. The molecule has 0 aromatic rings. The lowest BCUT2D eigenvalue weighted by Gasteiger charge is -2.23. The molecule has 6 amide bonds. The number of likely N-dealkylation sites (N-methyl/N-ethyl adjacent to an activating group) is 2. The third-order valence-corrected chi connectivity index (χ3v) is 16.7. The topological polar surface area (TPSA) is 188 Å². The number of hydrogen-bond acceptors (Lipinski definition) is 10. The minimum Gasteiger partial charge on any atom is -0.355 e. The summed E-state index contributed by atoms with van der Waals surface area (Å²) >= 11 is 0. The van der Waals surface area contributed by atoms with E-state index in [2.05, 4.69) is 69.4 Å². The van der Waals surface area contributed by atoms with Crippen LogP contribution in [-0.4, -0.2) is 174 Å². The molecular formula is C70H140N10O6. The van der Waals surface area contributed by atoms with Gasteiger partial charge in [-0.3, -0.25) is 38.6 Å². The van der Waals surface area contributed by atoms with Crippen LogP contribution in [0.3, 0.4) is 0 Å². The van der Waals surface area contributed by atoms with Crippen LogP contribution in [0.15, 0.2) is 0 Å². The Morgan fingerprint density at radius 2 is 0.407 bits per heavy atom. The van der Waals surface area contributed by atoms with Gasteiger partial charge in [-0.25, -0.2) is 0 Å². The molecule has 0 fully saturated rings. The molecule has 0 aliphatic heterocycles. The smallest absolute Gasteiger partial charge is 0.234 e. The summed E-state index contributed by atoms with van der Waals surface area (Å²) < 4.78 is 0. The molecule has 0 radical (unpaired) electrons. The zero-order chi connectivity index (χ0) is 63.0. The summed E-state index contributed by atoms with van der Waals surface area (Å²) in [5.74, 6) is -0.534. The van der Waals surface area contributed by atoms with Gasteiger partial charge in [0.2, 0.25) is 35.4 Å². The van der Waals surface area contributed by atoms with Gasteiger partial charge < -0.3 is 41.7 Å². The lowest BCUT2D eigenvalue weighted by molar-refractivity contribution is -0.127. The number of rotatable bonds is 67. The Morgan fingerprint density at radius 3 is 0.616 bits per heavy atom. The Labute approximate surface area is 529 Å². The van der Waals surface area contributed by atoms with Crippen molar-refractivity contribution in [3.8, 4) is 0 Å². The van der Waals surface area contributed by atoms with Gasteiger partial charge in [-0.1, -0.05) is 259 Å². The maximum atomic E-state index is 13.1. The highest BCUT2D eigenvalue weighted by Gasteiger charge is 2.18. The van der Waals surface area contributed by atoms with Crippen LogP contribution >= 0.6 is 0 Å². The summed E-state index contributed by atoms with van der Waals surface area (Å²) in [6, 6.07) is 0. The number of nitrogens with zero attached hydrogens (tertiary/aromatic N) is 4. The summed E-state index contributed by atoms with van der Waals surface area (Å²) in [7, 11) is 3.97. The van der Waals surface area contributed by atoms with E-state index in [-0.39, 0.29) is 61.6 Å². The van der Waals surface area contributed by atoms with Crippen molar-refractivity contribution >= 4 is 35.4 Å². The first-order valence-electron chi connectivity index (χ1n) is 36.4. The van der Waals surface area contributed by atoms with Crippen LogP contribution in [0.4, 0.5) is 0 Å². The van der Waals surface area contributed by atoms with E-state index in [1.807, 2.05) is 23.9 Å². The number of amides is 6.